The first-order valence-corrected chi connectivity index (χ1v) is 22.4. The standard InChI is InChI=1S/C16H28O2.C14H22O4.C12H20O2.C12H20.6CH4/c1-4-14(9-11-17)7-8-15(5-2)13-16(6-3)10-12-18;1-4-11(9-13(6-3)14(15)16)7-8-12(5-2)10-18-17;1-2-12(9-5-7-11-14)8-4-3-6-10-13;1-4-7-9-11-12(6-3)10-8-5-2;;;;;;/h4-6,14-18H,1-3,7-13H2;4-6,11-13,17H,1-3,7-10H2,(H,15,16);2-3,5-7,12-14H,1,4,8-11H2;4-6,12H,1-3,7-11H2;6*1H4/b;;6-3-,7-5+;;;;;;;. The Kier molecular flexibility index (Phi) is 89.4. The summed E-state index contributed by atoms with van der Waals surface area (Å²) in [7, 11) is 0. The Morgan fingerprint density at radius 2 is 0.824 bits per heavy atom. The third-order valence-electron chi connectivity index (χ3n) is 10.6. The van der Waals surface area contributed by atoms with Crippen LogP contribution in [0.2, 0.25) is 0 Å². The van der Waals surface area contributed by atoms with E-state index in [0.29, 0.717) is 36.0 Å². The fourth-order valence-corrected chi connectivity index (χ4v) is 6.36. The monoisotopic (exact) mass is 963 g/mol. The summed E-state index contributed by atoms with van der Waals surface area (Å²) in [6.07, 6.45) is 41.7. The molecule has 402 valence electrons. The van der Waals surface area contributed by atoms with Crippen LogP contribution >= 0.6 is 0 Å². The van der Waals surface area contributed by atoms with Gasteiger partial charge in [0.15, 0.2) is 0 Å². The van der Waals surface area contributed by atoms with Crippen LogP contribution in [0.15, 0.2) is 151 Å². The second kappa shape index (κ2) is 69.7. The highest BCUT2D eigenvalue weighted by Crippen LogP contribution is 2.25. The maximum atomic E-state index is 10.9. The minimum Gasteiger partial charge on any atom is -0.481 e. The summed E-state index contributed by atoms with van der Waals surface area (Å²) >= 11 is 0. The first-order chi connectivity index (χ1) is 30.0. The molecule has 0 aromatic carbocycles. The molecule has 0 aliphatic carbocycles. The Bertz CT molecular complexity index is 1200. The molecule has 0 spiro atoms. The number of aliphatic hydroxyl groups excluding tert-OH is 4. The van der Waals surface area contributed by atoms with Gasteiger partial charge in [-0.25, -0.2) is 4.89 Å². The lowest BCUT2D eigenvalue weighted by Crippen LogP contribution is -2.16. The van der Waals surface area contributed by atoms with Gasteiger partial charge in [-0.1, -0.05) is 130 Å². The molecule has 0 aliphatic heterocycles. The van der Waals surface area contributed by atoms with Gasteiger partial charge in [0.2, 0.25) is 0 Å². The summed E-state index contributed by atoms with van der Waals surface area (Å²) in [6, 6.07) is 0. The van der Waals surface area contributed by atoms with Gasteiger partial charge < -0.3 is 25.5 Å². The Balaban J connectivity index is -0.0000000810. The molecular weight excluding hydrogens is 849 g/mol. The number of carboxylic acids is 1. The van der Waals surface area contributed by atoms with E-state index in [9.17, 15) is 4.79 Å². The number of hydrogen-bond acceptors (Lipinski definition) is 7. The minimum absolute atomic E-state index is 0. The first-order valence-electron chi connectivity index (χ1n) is 22.4. The van der Waals surface area contributed by atoms with Crippen LogP contribution in [0.4, 0.5) is 0 Å². The van der Waals surface area contributed by atoms with E-state index in [1.54, 1.807) is 24.3 Å². The Labute approximate surface area is 423 Å². The van der Waals surface area contributed by atoms with Crippen molar-refractivity contribution in [1.82, 2.24) is 0 Å². The third kappa shape index (κ3) is 58.2. The average molecular weight is 964 g/mol. The van der Waals surface area contributed by atoms with E-state index in [1.165, 1.54) is 25.3 Å². The van der Waals surface area contributed by atoms with E-state index in [2.05, 4.69) is 76.8 Å². The highest BCUT2D eigenvalue weighted by atomic mass is 17.1. The molecule has 0 heterocycles. The summed E-state index contributed by atoms with van der Waals surface area (Å²) < 4.78 is 0. The highest BCUT2D eigenvalue weighted by molar-refractivity contribution is 5.71. The number of unbranched alkanes of at least 4 members (excludes halogenated alkanes) is 1. The molecule has 0 radical (unpaired) electrons. The highest BCUT2D eigenvalue weighted by Gasteiger charge is 2.19. The quantitative estimate of drug-likeness (QED) is 0.0154. The van der Waals surface area contributed by atoms with Gasteiger partial charge in [0.05, 0.1) is 25.7 Å². The zero-order valence-electron chi connectivity index (χ0n) is 38.6. The third-order valence-corrected chi connectivity index (χ3v) is 10.6. The maximum Gasteiger partial charge on any atom is 0.310 e. The number of carbonyl (C=O) groups is 1. The van der Waals surface area contributed by atoms with E-state index in [-0.39, 0.29) is 89.4 Å². The molecule has 8 unspecified atom stereocenters. The van der Waals surface area contributed by atoms with Gasteiger partial charge in [-0.2, -0.15) is 0 Å². The molecule has 0 fully saturated rings. The second-order valence-corrected chi connectivity index (χ2v) is 15.3. The Morgan fingerprint density at radius 1 is 0.426 bits per heavy atom. The summed E-state index contributed by atoms with van der Waals surface area (Å²) in [5, 5.41) is 52.3. The molecule has 0 aliphatic rings. The lowest BCUT2D eigenvalue weighted by atomic mass is 9.86. The maximum absolute atomic E-state index is 10.9. The fraction of sp³-hybridized carbons (Fsp3) is 0.583. The fourth-order valence-electron chi connectivity index (χ4n) is 6.36. The molecular formula is C60H114O8. The van der Waals surface area contributed by atoms with Gasteiger partial charge in [-0.05, 0) is 138 Å². The molecule has 8 atom stereocenters. The van der Waals surface area contributed by atoms with E-state index in [4.69, 9.17) is 30.8 Å². The van der Waals surface area contributed by atoms with Gasteiger partial charge in [0.1, 0.15) is 0 Å². The topological polar surface area (TPSA) is 148 Å². The molecule has 0 amide bonds. The molecule has 8 heteroatoms. The van der Waals surface area contributed by atoms with Gasteiger partial charge >= 0.3 is 5.97 Å². The summed E-state index contributed by atoms with van der Waals surface area (Å²) in [4.78, 5) is 15.0. The van der Waals surface area contributed by atoms with Crippen molar-refractivity contribution in [3.8, 4) is 0 Å². The van der Waals surface area contributed by atoms with Gasteiger partial charge in [-0.15, -0.1) is 65.8 Å². The zero-order chi connectivity index (χ0) is 47.7. The van der Waals surface area contributed by atoms with Crippen LogP contribution < -0.4 is 0 Å². The lowest BCUT2D eigenvalue weighted by molar-refractivity contribution is -0.248. The largest absolute Gasteiger partial charge is 0.481 e. The number of hydrogen-bond donors (Lipinski definition) is 6. The summed E-state index contributed by atoms with van der Waals surface area (Å²) in [5.41, 5.74) is 0. The minimum atomic E-state index is -0.865. The van der Waals surface area contributed by atoms with E-state index in [1.807, 2.05) is 48.6 Å². The van der Waals surface area contributed by atoms with Crippen molar-refractivity contribution in [3.63, 3.8) is 0 Å². The van der Waals surface area contributed by atoms with Crippen molar-refractivity contribution in [2.24, 2.45) is 47.3 Å². The van der Waals surface area contributed by atoms with Crippen molar-refractivity contribution in [2.75, 3.05) is 33.0 Å². The number of aliphatic carboxylic acids is 1. The Morgan fingerprint density at radius 3 is 1.24 bits per heavy atom. The predicted molar refractivity (Wildman–Crippen MR) is 307 cm³/mol. The van der Waals surface area contributed by atoms with E-state index >= 15 is 0 Å². The molecule has 0 rings (SSSR count). The van der Waals surface area contributed by atoms with Crippen molar-refractivity contribution in [3.05, 3.63) is 151 Å². The molecule has 0 aromatic rings. The number of allylic oxidation sites excluding steroid dienone is 10. The van der Waals surface area contributed by atoms with Crippen LogP contribution in [0.5, 0.6) is 0 Å². The van der Waals surface area contributed by atoms with Crippen LogP contribution in [0.3, 0.4) is 0 Å². The number of carboxylic acid groups (broad SMARTS) is 1. The molecule has 6 N–H and O–H groups in total. The normalized spacial score (nSPS) is 13.2. The number of rotatable bonds is 39. The average Bonchev–Trinajstić information content (AvgIpc) is 3.29. The molecule has 8 nitrogen and oxygen atoms in total. The van der Waals surface area contributed by atoms with Crippen LogP contribution in [-0.4, -0.2) is 69.8 Å². The molecule has 0 aromatic heterocycles. The smallest absolute Gasteiger partial charge is 0.310 e. The van der Waals surface area contributed by atoms with Crippen molar-refractivity contribution >= 4 is 5.97 Å². The van der Waals surface area contributed by atoms with E-state index in [0.717, 1.165) is 77.0 Å². The van der Waals surface area contributed by atoms with Crippen LogP contribution in [-0.2, 0) is 9.68 Å². The van der Waals surface area contributed by atoms with Crippen LogP contribution in [0.1, 0.15) is 147 Å². The van der Waals surface area contributed by atoms with Crippen LogP contribution in [0.25, 0.3) is 0 Å². The summed E-state index contributed by atoms with van der Waals surface area (Å²) in [5.74, 6) is 1.06. The van der Waals surface area contributed by atoms with Crippen LogP contribution in [0, 0.1) is 47.3 Å². The molecule has 0 saturated carbocycles. The van der Waals surface area contributed by atoms with Crippen molar-refractivity contribution in [1.29, 1.82) is 0 Å². The summed E-state index contributed by atoms with van der Waals surface area (Å²) in [6.45, 7) is 38.3. The van der Waals surface area contributed by atoms with E-state index < -0.39 is 11.9 Å². The first kappa shape index (κ1) is 87.2. The SMILES string of the molecule is C.C.C.C.C.C.C=CC(C/C=C/CO)CC/C=C\CO.C=CC(CCC(C=C)CC(C=C)C(=O)O)COO.C=CC(CCO)CCC(C=C)CC(C=C)CCO.C=CCCCC(C=C)CCC=C. The van der Waals surface area contributed by atoms with Gasteiger partial charge in [-0.3, -0.25) is 10.1 Å². The molecule has 68 heavy (non-hydrogen) atoms. The molecule has 0 bridgehead atoms. The zero-order valence-corrected chi connectivity index (χ0v) is 38.6. The lowest BCUT2D eigenvalue weighted by Gasteiger charge is -2.20. The van der Waals surface area contributed by atoms with Crippen molar-refractivity contribution in [2.45, 2.75) is 147 Å². The van der Waals surface area contributed by atoms with Crippen molar-refractivity contribution < 1.29 is 40.5 Å². The Hall–Kier alpha value is -3.89. The second-order valence-electron chi connectivity index (χ2n) is 15.3. The van der Waals surface area contributed by atoms with Gasteiger partial charge in [0, 0.05) is 19.1 Å². The van der Waals surface area contributed by atoms with Gasteiger partial charge in [0.25, 0.3) is 0 Å². The number of aliphatic hydroxyl groups is 4. The predicted octanol–water partition coefficient (Wildman–Crippen LogP) is 16.4. The molecule has 0 saturated heterocycles.